The van der Waals surface area contributed by atoms with Gasteiger partial charge in [0.05, 0.1) is 16.9 Å². The van der Waals surface area contributed by atoms with Gasteiger partial charge in [-0.1, -0.05) is 27.7 Å². The maximum absolute atomic E-state index is 12.3. The highest BCUT2D eigenvalue weighted by Gasteiger charge is 2.16. The van der Waals surface area contributed by atoms with Crippen LogP contribution in [0.2, 0.25) is 0 Å². The number of nitrogens with zero attached hydrogens (tertiary/aromatic N) is 4. The van der Waals surface area contributed by atoms with Crippen molar-refractivity contribution in [3.05, 3.63) is 52.9 Å². The zero-order valence-electron chi connectivity index (χ0n) is 12.4. The summed E-state index contributed by atoms with van der Waals surface area (Å²) >= 11 is 4.59. The van der Waals surface area contributed by atoms with Gasteiger partial charge in [-0.05, 0) is 46.8 Å². The Morgan fingerprint density at radius 3 is 2.71 bits per heavy atom. The molecule has 126 valence electrons. The van der Waals surface area contributed by atoms with Crippen LogP contribution in [0.1, 0.15) is 5.76 Å². The minimum Gasteiger partial charge on any atom is -0.467 e. The van der Waals surface area contributed by atoms with Gasteiger partial charge in [-0.15, -0.1) is 5.10 Å². The molecule has 2 aromatic heterocycles. The van der Waals surface area contributed by atoms with Crippen molar-refractivity contribution in [1.29, 1.82) is 0 Å². The lowest BCUT2D eigenvalue weighted by molar-refractivity contribution is 0.462. The number of aromatic nitrogens is 4. The zero-order valence-corrected chi connectivity index (χ0v) is 15.6. The van der Waals surface area contributed by atoms with E-state index in [2.05, 4.69) is 31.5 Å². The van der Waals surface area contributed by atoms with E-state index in [1.807, 2.05) is 6.07 Å². The fraction of sp³-hybridized carbons (Fsp3) is 0.214. The third-order valence-electron chi connectivity index (χ3n) is 3.14. The Morgan fingerprint density at radius 2 is 2.00 bits per heavy atom. The molecule has 3 rings (SSSR count). The normalized spacial score (nSPS) is 11.7. The van der Waals surface area contributed by atoms with Crippen molar-refractivity contribution in [2.45, 2.75) is 16.6 Å². The van der Waals surface area contributed by atoms with Crippen LogP contribution in [0.3, 0.4) is 0 Å². The van der Waals surface area contributed by atoms with Gasteiger partial charge in [-0.2, -0.15) is 0 Å². The average molecular weight is 429 g/mol. The first-order valence-corrected chi connectivity index (χ1v) is 10.4. The quantitative estimate of drug-likeness (QED) is 0.534. The summed E-state index contributed by atoms with van der Waals surface area (Å²) in [7, 11) is -3.33. The molecule has 0 aliphatic rings. The number of hydrogen-bond donors (Lipinski definition) is 0. The summed E-state index contributed by atoms with van der Waals surface area (Å²) in [5.41, 5.74) is 0. The van der Waals surface area contributed by atoms with Crippen molar-refractivity contribution in [1.82, 2.24) is 20.2 Å². The number of rotatable bonds is 7. The highest BCUT2D eigenvalue weighted by Crippen LogP contribution is 2.20. The third-order valence-corrected chi connectivity index (χ3v) is 6.62. The molecule has 0 radical (unpaired) electrons. The van der Waals surface area contributed by atoms with Gasteiger partial charge in [0.2, 0.25) is 5.16 Å². The molecule has 0 saturated carbocycles. The van der Waals surface area contributed by atoms with Crippen molar-refractivity contribution in [2.24, 2.45) is 0 Å². The van der Waals surface area contributed by atoms with Crippen molar-refractivity contribution < 1.29 is 12.8 Å². The maximum atomic E-state index is 12.3. The summed E-state index contributed by atoms with van der Waals surface area (Å²) < 4.78 is 32.3. The lowest BCUT2D eigenvalue weighted by Gasteiger charge is -2.05. The fourth-order valence-electron chi connectivity index (χ4n) is 1.95. The molecule has 0 saturated heterocycles. The van der Waals surface area contributed by atoms with E-state index in [1.54, 1.807) is 41.3 Å². The van der Waals surface area contributed by atoms with E-state index in [1.165, 1.54) is 11.8 Å². The second-order valence-electron chi connectivity index (χ2n) is 4.82. The molecule has 1 aromatic carbocycles. The molecule has 0 spiro atoms. The van der Waals surface area contributed by atoms with Crippen LogP contribution in [0.25, 0.3) is 0 Å². The Labute approximate surface area is 151 Å². The zero-order chi connectivity index (χ0) is 17.0. The van der Waals surface area contributed by atoms with Crippen molar-refractivity contribution in [3.8, 4) is 0 Å². The number of halogens is 1. The van der Waals surface area contributed by atoms with Crippen LogP contribution in [-0.4, -0.2) is 40.1 Å². The van der Waals surface area contributed by atoms with Gasteiger partial charge in [0, 0.05) is 10.2 Å². The van der Waals surface area contributed by atoms with E-state index >= 15 is 0 Å². The second kappa shape index (κ2) is 7.49. The standard InChI is InChI=1S/C14H13BrN4O3S2/c15-11-3-5-13(6-4-11)24(20,21)9-8-23-14-16-17-18-19(14)10-12-2-1-7-22-12/h1-7H,8-10H2. The van der Waals surface area contributed by atoms with Gasteiger partial charge in [-0.3, -0.25) is 0 Å². The summed E-state index contributed by atoms with van der Waals surface area (Å²) in [5.74, 6) is 1.09. The average Bonchev–Trinajstić information content (AvgIpc) is 3.21. The smallest absolute Gasteiger partial charge is 0.209 e. The third kappa shape index (κ3) is 4.25. The lowest BCUT2D eigenvalue weighted by Crippen LogP contribution is -2.10. The van der Waals surface area contributed by atoms with E-state index in [9.17, 15) is 8.42 Å². The molecule has 0 aliphatic heterocycles. The number of furan rings is 1. The molecule has 0 amide bonds. The van der Waals surface area contributed by atoms with E-state index in [0.717, 1.165) is 10.2 Å². The molecule has 0 aliphatic carbocycles. The molecule has 10 heteroatoms. The number of hydrogen-bond acceptors (Lipinski definition) is 7. The molecule has 24 heavy (non-hydrogen) atoms. The van der Waals surface area contributed by atoms with Gasteiger partial charge < -0.3 is 4.42 Å². The highest BCUT2D eigenvalue weighted by atomic mass is 79.9. The van der Waals surface area contributed by atoms with Gasteiger partial charge in [-0.25, -0.2) is 13.1 Å². The number of sulfone groups is 1. The van der Waals surface area contributed by atoms with Crippen molar-refractivity contribution in [2.75, 3.05) is 11.5 Å². The SMILES string of the molecule is O=S(=O)(CCSc1nnnn1Cc1ccco1)c1ccc(Br)cc1. The topological polar surface area (TPSA) is 90.9 Å². The summed E-state index contributed by atoms with van der Waals surface area (Å²) in [6.45, 7) is 0.405. The largest absolute Gasteiger partial charge is 0.467 e. The van der Waals surface area contributed by atoms with Gasteiger partial charge in [0.15, 0.2) is 9.84 Å². The Hall–Kier alpha value is -1.65. The van der Waals surface area contributed by atoms with Crippen LogP contribution in [-0.2, 0) is 16.4 Å². The molecule has 0 fully saturated rings. The van der Waals surface area contributed by atoms with Gasteiger partial charge in [0.25, 0.3) is 0 Å². The summed E-state index contributed by atoms with van der Waals surface area (Å²) in [6, 6.07) is 10.2. The first-order valence-electron chi connectivity index (χ1n) is 6.94. The van der Waals surface area contributed by atoms with Crippen LogP contribution in [0.15, 0.2) is 61.6 Å². The first-order chi connectivity index (χ1) is 11.5. The molecule has 3 aromatic rings. The van der Waals surface area contributed by atoms with Crippen molar-refractivity contribution in [3.63, 3.8) is 0 Å². The molecule has 0 N–H and O–H groups in total. The van der Waals surface area contributed by atoms with Crippen LogP contribution in [0.4, 0.5) is 0 Å². The Balaban J connectivity index is 1.60. The molecule has 0 atom stereocenters. The minimum atomic E-state index is -3.33. The molecule has 2 heterocycles. The van der Waals surface area contributed by atoms with E-state index in [0.29, 0.717) is 22.3 Å². The van der Waals surface area contributed by atoms with Crippen molar-refractivity contribution >= 4 is 37.5 Å². The van der Waals surface area contributed by atoms with E-state index in [4.69, 9.17) is 4.42 Å². The Kier molecular flexibility index (Phi) is 5.36. The predicted octanol–water partition coefficient (Wildman–Crippen LogP) is 2.64. The molecular formula is C14H13BrN4O3S2. The van der Waals surface area contributed by atoms with E-state index in [-0.39, 0.29) is 5.75 Å². The lowest BCUT2D eigenvalue weighted by atomic mass is 10.4. The maximum Gasteiger partial charge on any atom is 0.209 e. The predicted molar refractivity (Wildman–Crippen MR) is 92.5 cm³/mol. The van der Waals surface area contributed by atoms with Gasteiger partial charge in [0.1, 0.15) is 12.3 Å². The van der Waals surface area contributed by atoms with E-state index < -0.39 is 9.84 Å². The van der Waals surface area contributed by atoms with Crippen LogP contribution in [0.5, 0.6) is 0 Å². The summed E-state index contributed by atoms with van der Waals surface area (Å²) in [6.07, 6.45) is 1.58. The van der Waals surface area contributed by atoms with Crippen LogP contribution < -0.4 is 0 Å². The first kappa shape index (κ1) is 17.2. The molecule has 0 bridgehead atoms. The second-order valence-corrected chi connectivity index (χ2v) is 8.91. The van der Waals surface area contributed by atoms with Gasteiger partial charge >= 0.3 is 0 Å². The molecule has 7 nitrogen and oxygen atoms in total. The summed E-state index contributed by atoms with van der Waals surface area (Å²) in [4.78, 5) is 0.307. The molecular weight excluding hydrogens is 416 g/mol. The van der Waals surface area contributed by atoms with Crippen LogP contribution in [0, 0.1) is 0 Å². The fourth-order valence-corrected chi connectivity index (χ4v) is 4.74. The Morgan fingerprint density at radius 1 is 1.21 bits per heavy atom. The number of thioether (sulfide) groups is 1. The van der Waals surface area contributed by atoms with Crippen LogP contribution >= 0.6 is 27.7 Å². The summed E-state index contributed by atoms with van der Waals surface area (Å²) in [5, 5.41) is 12.0. The molecule has 0 unspecified atom stereocenters. The number of tetrazole rings is 1. The highest BCUT2D eigenvalue weighted by molar-refractivity contribution is 9.10. The minimum absolute atomic E-state index is 0.00686. The number of benzene rings is 1. The monoisotopic (exact) mass is 428 g/mol. The Bertz CT molecular complexity index is 893.